The van der Waals surface area contributed by atoms with Gasteiger partial charge < -0.3 is 4.98 Å². The van der Waals surface area contributed by atoms with Crippen molar-refractivity contribution in [3.05, 3.63) is 40.2 Å². The van der Waals surface area contributed by atoms with E-state index in [0.29, 0.717) is 0 Å². The molecule has 2 heterocycles. The topological polar surface area (TPSA) is 12.9 Å². The minimum atomic E-state index is 0. The van der Waals surface area contributed by atoms with Gasteiger partial charge in [0.1, 0.15) is 0 Å². The Morgan fingerprint density at radius 2 is 2.13 bits per heavy atom. The Bertz CT molecular complexity index is 502. The van der Waals surface area contributed by atoms with Gasteiger partial charge in [-0.2, -0.15) is 0 Å². The smallest absolute Gasteiger partial charge is 0.0160 e. The Balaban J connectivity index is 0.000000853. The van der Waals surface area contributed by atoms with Crippen LogP contribution in [0.2, 0.25) is 0 Å². The Hall–Kier alpha value is -0.462. The first-order valence-electron chi connectivity index (χ1n) is 4.67. The number of hydrogen-bond donors (Lipinski definition) is 0. The van der Waals surface area contributed by atoms with Gasteiger partial charge in [-0.1, -0.05) is 30.9 Å². The molecule has 0 saturated carbocycles. The van der Waals surface area contributed by atoms with Crippen LogP contribution < -0.4 is 0 Å². The minimum absolute atomic E-state index is 0. The number of thiophene rings is 1. The van der Waals surface area contributed by atoms with Crippen LogP contribution in [0.4, 0.5) is 0 Å². The van der Waals surface area contributed by atoms with E-state index < -0.39 is 0 Å². The maximum absolute atomic E-state index is 4.44. The number of rotatable bonds is 0. The van der Waals surface area contributed by atoms with Crippen LogP contribution in [0, 0.1) is 5.38 Å². The minimum Gasteiger partial charge on any atom is -0.304 e. The van der Waals surface area contributed by atoms with Crippen molar-refractivity contribution in [3.8, 4) is 11.3 Å². The summed E-state index contributed by atoms with van der Waals surface area (Å²) in [7, 11) is 0. The van der Waals surface area contributed by atoms with Crippen molar-refractivity contribution in [2.45, 2.75) is 19.3 Å². The summed E-state index contributed by atoms with van der Waals surface area (Å²) in [4.78, 5) is 4.44. The van der Waals surface area contributed by atoms with E-state index in [-0.39, 0.29) is 26.5 Å². The largest absolute Gasteiger partial charge is 0.304 e. The molecule has 0 aromatic carbocycles. The number of fused-ring (bicyclic) bond motifs is 3. The van der Waals surface area contributed by atoms with E-state index in [1.54, 1.807) is 11.3 Å². The van der Waals surface area contributed by atoms with Gasteiger partial charge in [0.05, 0.1) is 0 Å². The number of hydrogen-bond acceptors (Lipinski definition) is 2. The van der Waals surface area contributed by atoms with Crippen molar-refractivity contribution >= 4 is 11.3 Å². The van der Waals surface area contributed by atoms with Gasteiger partial charge in [0, 0.05) is 27.3 Å². The molecular formula is C12H10NPtS-. The fraction of sp³-hybridized carbons (Fsp3) is 0.250. The Morgan fingerprint density at radius 3 is 2.93 bits per heavy atom. The van der Waals surface area contributed by atoms with E-state index in [4.69, 9.17) is 0 Å². The maximum atomic E-state index is 4.44. The molecule has 2 aromatic heterocycles. The quantitative estimate of drug-likeness (QED) is 0.625. The molecule has 1 aliphatic rings. The second-order valence-electron chi connectivity index (χ2n) is 4.15. The van der Waals surface area contributed by atoms with Crippen LogP contribution in [0.25, 0.3) is 11.3 Å². The van der Waals surface area contributed by atoms with Crippen LogP contribution in [-0.4, -0.2) is 4.98 Å². The zero-order chi connectivity index (χ0) is 9.76. The maximum Gasteiger partial charge on any atom is 0.0160 e. The summed E-state index contributed by atoms with van der Waals surface area (Å²) in [5.41, 5.74) is 5.13. The molecule has 0 saturated heterocycles. The van der Waals surface area contributed by atoms with Crippen molar-refractivity contribution in [2.24, 2.45) is 0 Å². The summed E-state index contributed by atoms with van der Waals surface area (Å²) in [6.07, 6.45) is 1.86. The molecule has 80 valence electrons. The zero-order valence-electron chi connectivity index (χ0n) is 8.48. The molecule has 0 fully saturated rings. The predicted octanol–water partition coefficient (Wildman–Crippen LogP) is 3.25. The second kappa shape index (κ2) is 3.53. The van der Waals surface area contributed by atoms with Crippen LogP contribution in [0.3, 0.4) is 0 Å². The molecule has 0 bridgehead atoms. The summed E-state index contributed by atoms with van der Waals surface area (Å²) in [5, 5.41) is 5.50. The monoisotopic (exact) mass is 395 g/mol. The first-order chi connectivity index (χ1) is 6.71. The third kappa shape index (κ3) is 1.35. The van der Waals surface area contributed by atoms with E-state index >= 15 is 0 Å². The van der Waals surface area contributed by atoms with Crippen molar-refractivity contribution in [2.75, 3.05) is 0 Å². The molecule has 0 radical (unpaired) electrons. The van der Waals surface area contributed by atoms with E-state index in [9.17, 15) is 0 Å². The van der Waals surface area contributed by atoms with Gasteiger partial charge in [-0.3, -0.25) is 11.3 Å². The summed E-state index contributed by atoms with van der Waals surface area (Å²) in [6.45, 7) is 4.50. The van der Waals surface area contributed by atoms with Crippen molar-refractivity contribution in [1.82, 2.24) is 4.98 Å². The Labute approximate surface area is 108 Å². The van der Waals surface area contributed by atoms with Gasteiger partial charge in [0.2, 0.25) is 0 Å². The summed E-state index contributed by atoms with van der Waals surface area (Å²) in [6, 6.07) is 4.18. The average molecular weight is 395 g/mol. The SMILES string of the molecule is CC1(C)c2cs[c-]c2-c2ncccc21.[Pt]. The second-order valence-corrected chi connectivity index (χ2v) is 4.83. The van der Waals surface area contributed by atoms with E-state index in [2.05, 4.69) is 35.7 Å². The number of pyridine rings is 1. The molecule has 0 unspecified atom stereocenters. The standard InChI is InChI=1S/C12H10NS.Pt/c1-12(2)9-4-3-5-13-11(9)8-6-14-7-10(8)12;/h3-5,7H,1-2H3;/q-1;. The van der Waals surface area contributed by atoms with Crippen molar-refractivity contribution in [3.63, 3.8) is 0 Å². The van der Waals surface area contributed by atoms with Crippen molar-refractivity contribution < 1.29 is 21.1 Å². The first kappa shape index (κ1) is 11.0. The van der Waals surface area contributed by atoms with Crippen LogP contribution in [0.1, 0.15) is 25.0 Å². The molecule has 0 N–H and O–H groups in total. The van der Waals surface area contributed by atoms with Crippen LogP contribution in [-0.2, 0) is 26.5 Å². The Morgan fingerprint density at radius 1 is 1.33 bits per heavy atom. The molecule has 3 rings (SSSR count). The van der Waals surface area contributed by atoms with E-state index in [1.165, 1.54) is 16.7 Å². The van der Waals surface area contributed by atoms with Gasteiger partial charge in [-0.15, -0.1) is 16.5 Å². The molecule has 3 heteroatoms. The van der Waals surface area contributed by atoms with Gasteiger partial charge in [-0.05, 0) is 17.2 Å². The first-order valence-corrected chi connectivity index (χ1v) is 5.55. The van der Waals surface area contributed by atoms with Crippen LogP contribution in [0.15, 0.2) is 23.7 Å². The summed E-state index contributed by atoms with van der Waals surface area (Å²) in [5.74, 6) is 0. The summed E-state index contributed by atoms with van der Waals surface area (Å²) < 4.78 is 0. The molecule has 0 spiro atoms. The molecule has 2 aromatic rings. The number of aromatic nitrogens is 1. The average Bonchev–Trinajstić information content (AvgIpc) is 2.72. The third-order valence-corrected chi connectivity index (χ3v) is 3.67. The molecule has 0 aliphatic heterocycles. The van der Waals surface area contributed by atoms with Gasteiger partial charge in [-0.25, -0.2) is 0 Å². The fourth-order valence-electron chi connectivity index (χ4n) is 2.15. The van der Waals surface area contributed by atoms with Gasteiger partial charge in [0.25, 0.3) is 0 Å². The normalized spacial score (nSPS) is 15.3. The molecule has 0 atom stereocenters. The van der Waals surface area contributed by atoms with E-state index in [0.717, 1.165) is 5.69 Å². The zero-order valence-corrected chi connectivity index (χ0v) is 11.6. The molecule has 1 aliphatic carbocycles. The van der Waals surface area contributed by atoms with Crippen LogP contribution in [0.5, 0.6) is 0 Å². The predicted molar refractivity (Wildman–Crippen MR) is 58.5 cm³/mol. The summed E-state index contributed by atoms with van der Waals surface area (Å²) >= 11 is 1.64. The van der Waals surface area contributed by atoms with Crippen LogP contribution >= 0.6 is 11.3 Å². The fourth-order valence-corrected chi connectivity index (χ4v) is 3.06. The molecular weight excluding hydrogens is 385 g/mol. The van der Waals surface area contributed by atoms with Crippen molar-refractivity contribution in [1.29, 1.82) is 0 Å². The molecule has 15 heavy (non-hydrogen) atoms. The molecule has 1 nitrogen and oxygen atoms in total. The molecule has 0 amide bonds. The van der Waals surface area contributed by atoms with Gasteiger partial charge in [0.15, 0.2) is 0 Å². The van der Waals surface area contributed by atoms with Gasteiger partial charge >= 0.3 is 0 Å². The Kier molecular flexibility index (Phi) is 2.60. The van der Waals surface area contributed by atoms with E-state index in [1.807, 2.05) is 12.3 Å². The third-order valence-electron chi connectivity index (χ3n) is 3.00. The number of nitrogens with zero attached hydrogens (tertiary/aromatic N) is 1.